The molecule has 3 heterocycles. The van der Waals surface area contributed by atoms with Crippen LogP contribution in [0.2, 0.25) is 0 Å². The summed E-state index contributed by atoms with van der Waals surface area (Å²) in [5.41, 5.74) is 1.76. The molecule has 2 aliphatic rings. The van der Waals surface area contributed by atoms with Gasteiger partial charge in [0, 0.05) is 31.9 Å². The normalized spacial score (nSPS) is 28.4. The number of aromatic nitrogens is 2. The molecule has 0 aliphatic carbocycles. The van der Waals surface area contributed by atoms with E-state index in [1.54, 1.807) is 0 Å². The van der Waals surface area contributed by atoms with Gasteiger partial charge in [0.25, 0.3) is 0 Å². The summed E-state index contributed by atoms with van der Waals surface area (Å²) >= 11 is 0. The molecule has 1 aromatic rings. The molecule has 0 amide bonds. The molecule has 3 rings (SSSR count). The highest BCUT2D eigenvalue weighted by molar-refractivity contribution is 5.01. The molecule has 1 atom stereocenters. The number of hydrogen-bond donors (Lipinski definition) is 1. The predicted octanol–water partition coefficient (Wildman–Crippen LogP) is 2.43. The quantitative estimate of drug-likeness (QED) is 0.920. The van der Waals surface area contributed by atoms with Crippen LogP contribution in [-0.2, 0) is 6.54 Å². The van der Waals surface area contributed by atoms with Crippen molar-refractivity contribution >= 4 is 0 Å². The minimum absolute atomic E-state index is 0.457. The Hall–Kier alpha value is -0.870. The third-order valence-corrected chi connectivity index (χ3v) is 4.88. The Balaban J connectivity index is 1.61. The molecular weight excluding hydrogens is 248 g/mol. The van der Waals surface area contributed by atoms with Crippen LogP contribution in [-0.4, -0.2) is 40.9 Å². The van der Waals surface area contributed by atoms with Gasteiger partial charge in [0.2, 0.25) is 0 Å². The van der Waals surface area contributed by atoms with Crippen LogP contribution in [0, 0.1) is 5.41 Å². The van der Waals surface area contributed by atoms with E-state index in [4.69, 9.17) is 5.10 Å². The fraction of sp³-hybridized carbons (Fsp3) is 0.812. The third kappa shape index (κ3) is 3.07. The van der Waals surface area contributed by atoms with Crippen LogP contribution in [0.3, 0.4) is 0 Å². The average molecular weight is 276 g/mol. The summed E-state index contributed by atoms with van der Waals surface area (Å²) in [6, 6.07) is 2.64. The van der Waals surface area contributed by atoms with Crippen molar-refractivity contribution in [2.75, 3.05) is 26.2 Å². The molecule has 1 spiro atoms. The van der Waals surface area contributed by atoms with Crippen molar-refractivity contribution in [2.45, 2.75) is 52.1 Å². The summed E-state index contributed by atoms with van der Waals surface area (Å²) in [6.45, 7) is 10.3. The molecular formula is C16H28N4. The largest absolute Gasteiger partial charge is 0.316 e. The Morgan fingerprint density at radius 1 is 1.35 bits per heavy atom. The molecule has 112 valence electrons. The minimum Gasteiger partial charge on any atom is -0.316 e. The van der Waals surface area contributed by atoms with E-state index in [1.165, 1.54) is 57.6 Å². The lowest BCUT2D eigenvalue weighted by Gasteiger charge is -2.45. The molecule has 2 aliphatic heterocycles. The number of nitrogens with one attached hydrogen (secondary N) is 1. The monoisotopic (exact) mass is 276 g/mol. The first kappa shape index (κ1) is 14.1. The van der Waals surface area contributed by atoms with E-state index in [9.17, 15) is 0 Å². The highest BCUT2D eigenvalue weighted by atomic mass is 15.3. The average Bonchev–Trinajstić information content (AvgIpc) is 2.88. The second kappa shape index (κ2) is 5.86. The lowest BCUT2D eigenvalue weighted by atomic mass is 9.74. The number of hydrogen-bond acceptors (Lipinski definition) is 3. The van der Waals surface area contributed by atoms with Crippen molar-refractivity contribution < 1.29 is 0 Å². The van der Waals surface area contributed by atoms with Gasteiger partial charge in [0.15, 0.2) is 0 Å². The molecule has 0 aromatic carbocycles. The molecule has 4 heteroatoms. The Morgan fingerprint density at radius 2 is 2.20 bits per heavy atom. The van der Waals surface area contributed by atoms with Crippen LogP contribution in [0.1, 0.15) is 51.3 Å². The van der Waals surface area contributed by atoms with E-state index in [0.29, 0.717) is 11.5 Å². The SMILES string of the molecule is CC(C)n1ccc(CN2CCCC3(CCCNC3)C2)n1. The predicted molar refractivity (Wildman–Crippen MR) is 81.7 cm³/mol. The Kier molecular flexibility index (Phi) is 4.13. The smallest absolute Gasteiger partial charge is 0.0764 e. The van der Waals surface area contributed by atoms with Crippen molar-refractivity contribution in [3.8, 4) is 0 Å². The fourth-order valence-corrected chi connectivity index (χ4v) is 3.80. The topological polar surface area (TPSA) is 33.1 Å². The van der Waals surface area contributed by atoms with Crippen molar-refractivity contribution in [3.05, 3.63) is 18.0 Å². The van der Waals surface area contributed by atoms with E-state index in [1.807, 2.05) is 0 Å². The minimum atomic E-state index is 0.457. The second-order valence-electron chi connectivity index (χ2n) is 6.98. The highest BCUT2D eigenvalue weighted by Gasteiger charge is 2.36. The summed E-state index contributed by atoms with van der Waals surface area (Å²) in [5, 5.41) is 8.30. The van der Waals surface area contributed by atoms with E-state index in [2.05, 4.69) is 41.0 Å². The van der Waals surface area contributed by atoms with E-state index < -0.39 is 0 Å². The first-order chi connectivity index (χ1) is 9.67. The van der Waals surface area contributed by atoms with Crippen LogP contribution in [0.15, 0.2) is 12.3 Å². The summed E-state index contributed by atoms with van der Waals surface area (Å²) in [5.74, 6) is 0. The van der Waals surface area contributed by atoms with Crippen LogP contribution in [0.4, 0.5) is 0 Å². The first-order valence-corrected chi connectivity index (χ1v) is 8.14. The van der Waals surface area contributed by atoms with Crippen molar-refractivity contribution in [1.82, 2.24) is 20.0 Å². The molecule has 4 nitrogen and oxygen atoms in total. The van der Waals surface area contributed by atoms with Crippen LogP contribution < -0.4 is 5.32 Å². The van der Waals surface area contributed by atoms with Crippen molar-refractivity contribution in [3.63, 3.8) is 0 Å². The Labute approximate surface area is 122 Å². The molecule has 1 N–H and O–H groups in total. The van der Waals surface area contributed by atoms with Gasteiger partial charge in [-0.1, -0.05) is 0 Å². The van der Waals surface area contributed by atoms with Gasteiger partial charge in [-0.25, -0.2) is 0 Å². The molecule has 1 unspecified atom stereocenters. The van der Waals surface area contributed by atoms with Gasteiger partial charge in [-0.15, -0.1) is 0 Å². The molecule has 1 aromatic heterocycles. The highest BCUT2D eigenvalue weighted by Crippen LogP contribution is 2.36. The van der Waals surface area contributed by atoms with E-state index in [0.717, 1.165) is 6.54 Å². The lowest BCUT2D eigenvalue weighted by molar-refractivity contribution is 0.0592. The first-order valence-electron chi connectivity index (χ1n) is 8.14. The maximum atomic E-state index is 4.70. The number of likely N-dealkylation sites (tertiary alicyclic amines) is 1. The molecule has 20 heavy (non-hydrogen) atoms. The number of rotatable bonds is 3. The van der Waals surface area contributed by atoms with Crippen molar-refractivity contribution in [1.29, 1.82) is 0 Å². The number of nitrogens with zero attached hydrogens (tertiary/aromatic N) is 3. The molecule has 0 radical (unpaired) electrons. The maximum Gasteiger partial charge on any atom is 0.0764 e. The van der Waals surface area contributed by atoms with Gasteiger partial charge in [0.05, 0.1) is 5.69 Å². The summed E-state index contributed by atoms with van der Waals surface area (Å²) in [6.07, 6.45) is 7.60. The third-order valence-electron chi connectivity index (χ3n) is 4.88. The summed E-state index contributed by atoms with van der Waals surface area (Å²) < 4.78 is 2.07. The van der Waals surface area contributed by atoms with Gasteiger partial charge in [-0.3, -0.25) is 9.58 Å². The van der Waals surface area contributed by atoms with E-state index >= 15 is 0 Å². The van der Waals surface area contributed by atoms with Gasteiger partial charge in [-0.05, 0) is 64.1 Å². The summed E-state index contributed by atoms with van der Waals surface area (Å²) in [7, 11) is 0. The Bertz CT molecular complexity index is 426. The molecule has 2 saturated heterocycles. The van der Waals surface area contributed by atoms with Crippen molar-refractivity contribution in [2.24, 2.45) is 5.41 Å². The molecule has 2 fully saturated rings. The van der Waals surface area contributed by atoms with Crippen LogP contribution in [0.25, 0.3) is 0 Å². The molecule has 0 bridgehead atoms. The zero-order chi connectivity index (χ0) is 14.0. The fourth-order valence-electron chi connectivity index (χ4n) is 3.80. The van der Waals surface area contributed by atoms with Gasteiger partial charge >= 0.3 is 0 Å². The van der Waals surface area contributed by atoms with Gasteiger partial charge in [-0.2, -0.15) is 5.10 Å². The van der Waals surface area contributed by atoms with Gasteiger partial charge in [0.1, 0.15) is 0 Å². The number of piperidine rings is 2. The maximum absolute atomic E-state index is 4.70. The van der Waals surface area contributed by atoms with Gasteiger partial charge < -0.3 is 5.32 Å². The second-order valence-corrected chi connectivity index (χ2v) is 6.98. The van der Waals surface area contributed by atoms with Crippen LogP contribution >= 0.6 is 0 Å². The van der Waals surface area contributed by atoms with E-state index in [-0.39, 0.29) is 0 Å². The summed E-state index contributed by atoms with van der Waals surface area (Å²) in [4.78, 5) is 2.61. The zero-order valence-electron chi connectivity index (χ0n) is 12.9. The standard InChI is InChI=1S/C16H28N4/c1-14(2)20-10-5-15(18-20)11-19-9-4-7-16(13-19)6-3-8-17-12-16/h5,10,14,17H,3-4,6-9,11-13H2,1-2H3. The lowest BCUT2D eigenvalue weighted by Crippen LogP contribution is -2.50. The molecule has 0 saturated carbocycles. The zero-order valence-corrected chi connectivity index (χ0v) is 12.9. The Morgan fingerprint density at radius 3 is 2.90 bits per heavy atom. The van der Waals surface area contributed by atoms with Crippen LogP contribution in [0.5, 0.6) is 0 Å².